The van der Waals surface area contributed by atoms with Gasteiger partial charge in [0.1, 0.15) is 16.6 Å². The number of halogens is 1. The topological polar surface area (TPSA) is 65.9 Å². The summed E-state index contributed by atoms with van der Waals surface area (Å²) in [6.07, 6.45) is 2.46. The number of aromatic nitrogens is 1. The van der Waals surface area contributed by atoms with Gasteiger partial charge < -0.3 is 19.6 Å². The van der Waals surface area contributed by atoms with Gasteiger partial charge in [0.25, 0.3) is 0 Å². The summed E-state index contributed by atoms with van der Waals surface area (Å²) in [6.45, 7) is 7.22. The Balaban J connectivity index is 2.12. The second-order valence-corrected chi connectivity index (χ2v) is 7.47. The van der Waals surface area contributed by atoms with Crippen molar-refractivity contribution in [3.8, 4) is 0 Å². The van der Waals surface area contributed by atoms with Crippen LogP contribution in [-0.2, 0) is 4.74 Å². The Bertz CT molecular complexity index is 655. The lowest BCUT2D eigenvalue weighted by molar-refractivity contribution is 0.0270. The summed E-state index contributed by atoms with van der Waals surface area (Å²) in [4.78, 5) is 20.0. The highest BCUT2D eigenvalue weighted by atomic mass is 35.5. The van der Waals surface area contributed by atoms with Gasteiger partial charge in [-0.25, -0.2) is 9.78 Å². The molecule has 2 rings (SSSR count). The van der Waals surface area contributed by atoms with E-state index in [-0.39, 0.29) is 12.7 Å². The van der Waals surface area contributed by atoms with Gasteiger partial charge in [0.05, 0.1) is 6.61 Å². The van der Waals surface area contributed by atoms with Gasteiger partial charge in [0.15, 0.2) is 0 Å². The van der Waals surface area contributed by atoms with Gasteiger partial charge in [-0.3, -0.25) is 0 Å². The first-order valence-electron chi connectivity index (χ1n) is 8.36. The summed E-state index contributed by atoms with van der Waals surface area (Å²) in [5.41, 5.74) is 1.62. The summed E-state index contributed by atoms with van der Waals surface area (Å²) in [5, 5.41) is 9.49. The molecule has 0 unspecified atom stereocenters. The van der Waals surface area contributed by atoms with E-state index < -0.39 is 5.60 Å². The molecule has 0 saturated carbocycles. The number of likely N-dealkylation sites (N-methyl/N-ethyl adjacent to an activating group) is 1. The van der Waals surface area contributed by atoms with Gasteiger partial charge in [-0.05, 0) is 50.5 Å². The van der Waals surface area contributed by atoms with Crippen LogP contribution in [0.3, 0.4) is 0 Å². The number of rotatable bonds is 4. The van der Waals surface area contributed by atoms with E-state index in [2.05, 4.69) is 4.98 Å². The quantitative estimate of drug-likeness (QED) is 0.828. The number of carbonyl (C=O) groups is 1. The molecule has 1 amide bonds. The highest BCUT2D eigenvalue weighted by Gasteiger charge is 2.24. The van der Waals surface area contributed by atoms with Crippen LogP contribution in [-0.4, -0.2) is 60.0 Å². The Morgan fingerprint density at radius 3 is 2.72 bits per heavy atom. The van der Waals surface area contributed by atoms with Gasteiger partial charge in [-0.2, -0.15) is 0 Å². The van der Waals surface area contributed by atoms with Crippen molar-refractivity contribution in [2.45, 2.75) is 32.8 Å². The molecule has 1 aliphatic rings. The third-order valence-corrected chi connectivity index (χ3v) is 4.03. The Kier molecular flexibility index (Phi) is 6.30. The third-order valence-electron chi connectivity index (χ3n) is 3.84. The maximum Gasteiger partial charge on any atom is 0.410 e. The van der Waals surface area contributed by atoms with Crippen LogP contribution in [0.15, 0.2) is 18.2 Å². The van der Waals surface area contributed by atoms with Crippen molar-refractivity contribution in [3.63, 3.8) is 0 Å². The summed E-state index contributed by atoms with van der Waals surface area (Å²) in [6, 6.07) is 3.78. The SMILES string of the molecule is CN(CCO)c1cc(C2=CCN(C(=O)OC(C)(C)C)CC2)cc(Cl)n1. The van der Waals surface area contributed by atoms with Gasteiger partial charge in [-0.15, -0.1) is 0 Å². The lowest BCUT2D eigenvalue weighted by Gasteiger charge is -2.29. The van der Waals surface area contributed by atoms with Gasteiger partial charge in [-0.1, -0.05) is 17.7 Å². The van der Waals surface area contributed by atoms with E-state index in [0.717, 1.165) is 17.6 Å². The first kappa shape index (κ1) is 19.5. The number of aliphatic hydroxyl groups excluding tert-OH is 1. The van der Waals surface area contributed by atoms with Crippen molar-refractivity contribution in [3.05, 3.63) is 28.9 Å². The summed E-state index contributed by atoms with van der Waals surface area (Å²) in [5.74, 6) is 0.715. The van der Waals surface area contributed by atoms with Crippen molar-refractivity contribution in [2.75, 3.05) is 38.2 Å². The standard InChI is InChI=1S/C18H26ClN3O3/c1-18(2,3)25-17(24)22-7-5-13(6-8-22)14-11-15(19)20-16(12-14)21(4)9-10-23/h5,11-12,23H,6-10H2,1-4H3. The molecule has 0 bridgehead atoms. The number of pyridine rings is 1. The Morgan fingerprint density at radius 1 is 1.44 bits per heavy atom. The molecule has 0 atom stereocenters. The summed E-state index contributed by atoms with van der Waals surface area (Å²) >= 11 is 6.15. The molecule has 0 aromatic carbocycles. The Morgan fingerprint density at radius 2 is 2.16 bits per heavy atom. The zero-order chi connectivity index (χ0) is 18.6. The van der Waals surface area contributed by atoms with Crippen LogP contribution in [0.4, 0.5) is 10.6 Å². The maximum atomic E-state index is 12.1. The average molecular weight is 368 g/mol. The molecule has 1 aromatic rings. The smallest absolute Gasteiger partial charge is 0.410 e. The monoisotopic (exact) mass is 367 g/mol. The molecule has 1 aromatic heterocycles. The van der Waals surface area contributed by atoms with E-state index in [0.29, 0.717) is 30.6 Å². The van der Waals surface area contributed by atoms with E-state index in [9.17, 15) is 4.79 Å². The molecule has 0 fully saturated rings. The number of ether oxygens (including phenoxy) is 1. The molecular weight excluding hydrogens is 342 g/mol. The largest absolute Gasteiger partial charge is 0.444 e. The molecule has 7 heteroatoms. The first-order chi connectivity index (χ1) is 11.7. The fourth-order valence-corrected chi connectivity index (χ4v) is 2.76. The molecule has 25 heavy (non-hydrogen) atoms. The van der Waals surface area contributed by atoms with Crippen molar-refractivity contribution >= 4 is 29.1 Å². The van der Waals surface area contributed by atoms with Crippen LogP contribution in [0, 0.1) is 0 Å². The van der Waals surface area contributed by atoms with E-state index in [4.69, 9.17) is 21.4 Å². The van der Waals surface area contributed by atoms with E-state index in [1.165, 1.54) is 0 Å². The van der Waals surface area contributed by atoms with Crippen LogP contribution < -0.4 is 4.90 Å². The number of amides is 1. The van der Waals surface area contributed by atoms with E-state index in [1.54, 1.807) is 4.90 Å². The van der Waals surface area contributed by atoms with Crippen LogP contribution in [0.5, 0.6) is 0 Å². The molecule has 0 spiro atoms. The van der Waals surface area contributed by atoms with E-state index in [1.807, 2.05) is 50.9 Å². The zero-order valence-electron chi connectivity index (χ0n) is 15.3. The number of nitrogens with zero attached hydrogens (tertiary/aromatic N) is 3. The predicted octanol–water partition coefficient (Wildman–Crippen LogP) is 3.19. The molecule has 2 heterocycles. The fraction of sp³-hybridized carbons (Fsp3) is 0.556. The summed E-state index contributed by atoms with van der Waals surface area (Å²) < 4.78 is 5.41. The number of hydrogen-bond donors (Lipinski definition) is 1. The number of carbonyl (C=O) groups excluding carboxylic acids is 1. The highest BCUT2D eigenvalue weighted by Crippen LogP contribution is 2.27. The average Bonchev–Trinajstić information content (AvgIpc) is 2.53. The second kappa shape index (κ2) is 8.06. The van der Waals surface area contributed by atoms with Crippen molar-refractivity contribution in [2.24, 2.45) is 0 Å². The highest BCUT2D eigenvalue weighted by molar-refractivity contribution is 6.29. The van der Waals surface area contributed by atoms with Crippen molar-refractivity contribution in [1.29, 1.82) is 0 Å². The summed E-state index contributed by atoms with van der Waals surface area (Å²) in [7, 11) is 1.86. The van der Waals surface area contributed by atoms with Crippen molar-refractivity contribution < 1.29 is 14.6 Å². The zero-order valence-corrected chi connectivity index (χ0v) is 16.0. The Labute approximate surface area is 154 Å². The minimum absolute atomic E-state index is 0.0492. The molecule has 0 aliphatic carbocycles. The third kappa shape index (κ3) is 5.61. The molecular formula is C18H26ClN3O3. The minimum Gasteiger partial charge on any atom is -0.444 e. The van der Waals surface area contributed by atoms with Crippen LogP contribution >= 0.6 is 11.6 Å². The molecule has 6 nitrogen and oxygen atoms in total. The predicted molar refractivity (Wildman–Crippen MR) is 100 cm³/mol. The van der Waals surface area contributed by atoms with Crippen molar-refractivity contribution in [1.82, 2.24) is 9.88 Å². The van der Waals surface area contributed by atoms with Gasteiger partial charge in [0, 0.05) is 26.7 Å². The molecule has 0 saturated heterocycles. The first-order valence-corrected chi connectivity index (χ1v) is 8.74. The van der Waals surface area contributed by atoms with E-state index >= 15 is 0 Å². The lowest BCUT2D eigenvalue weighted by Crippen LogP contribution is -2.39. The molecule has 0 radical (unpaired) electrons. The van der Waals surface area contributed by atoms with Crippen LogP contribution in [0.2, 0.25) is 5.15 Å². The second-order valence-electron chi connectivity index (χ2n) is 7.09. The minimum atomic E-state index is -0.494. The number of hydrogen-bond acceptors (Lipinski definition) is 5. The maximum absolute atomic E-state index is 12.1. The number of anilines is 1. The van der Waals surface area contributed by atoms with Gasteiger partial charge >= 0.3 is 6.09 Å². The van der Waals surface area contributed by atoms with Crippen LogP contribution in [0.1, 0.15) is 32.8 Å². The lowest BCUT2D eigenvalue weighted by atomic mass is 10.0. The molecule has 1 N–H and O–H groups in total. The fourth-order valence-electron chi connectivity index (χ4n) is 2.55. The van der Waals surface area contributed by atoms with Crippen LogP contribution in [0.25, 0.3) is 5.57 Å². The molecule has 138 valence electrons. The molecule has 1 aliphatic heterocycles. The van der Waals surface area contributed by atoms with Gasteiger partial charge in [0.2, 0.25) is 0 Å². The Hall–Kier alpha value is -1.79. The number of aliphatic hydroxyl groups is 1. The normalized spacial score (nSPS) is 15.0.